The van der Waals surface area contributed by atoms with Crippen LogP contribution in [0.2, 0.25) is 5.02 Å². The van der Waals surface area contributed by atoms with E-state index in [9.17, 15) is 5.11 Å². The van der Waals surface area contributed by atoms with Gasteiger partial charge in [-0.05, 0) is 29.8 Å². The van der Waals surface area contributed by atoms with Gasteiger partial charge in [-0.3, -0.25) is 0 Å². The van der Waals surface area contributed by atoms with Gasteiger partial charge in [0.2, 0.25) is 5.69 Å². The van der Waals surface area contributed by atoms with Gasteiger partial charge in [0.15, 0.2) is 12.4 Å². The molecule has 0 saturated heterocycles. The Hall–Kier alpha value is -2.82. The molecule has 0 radical (unpaired) electrons. The zero-order chi connectivity index (χ0) is 19.1. The van der Waals surface area contributed by atoms with Crippen LogP contribution in [0.25, 0.3) is 27.5 Å². The van der Waals surface area contributed by atoms with E-state index in [4.69, 9.17) is 11.6 Å². The fraction of sp³-hybridized carbons (Fsp3) is 0.0417. The lowest BCUT2D eigenvalue weighted by Gasteiger charge is -2.09. The van der Waals surface area contributed by atoms with Crippen molar-refractivity contribution < 1.29 is 26.7 Å². The molecule has 0 saturated carbocycles. The normalized spacial score (nSPS) is 10.9. The summed E-state index contributed by atoms with van der Waals surface area (Å²) < 4.78 is 4.33. The highest BCUT2D eigenvalue weighted by atomic mass is 79.9. The van der Waals surface area contributed by atoms with Crippen molar-refractivity contribution in [2.45, 2.75) is 6.54 Å². The number of hydrogen-bond acceptors (Lipinski definition) is 1. The van der Waals surface area contributed by atoms with Crippen molar-refractivity contribution in [3.05, 3.63) is 102 Å². The van der Waals surface area contributed by atoms with Crippen LogP contribution in [0.4, 0.5) is 0 Å². The molecule has 0 unspecified atom stereocenters. The van der Waals surface area contributed by atoms with Gasteiger partial charge >= 0.3 is 0 Å². The number of benzene rings is 3. The lowest BCUT2D eigenvalue weighted by Crippen LogP contribution is -3.00. The van der Waals surface area contributed by atoms with Crippen molar-refractivity contribution in [1.82, 2.24) is 4.57 Å². The first-order valence-corrected chi connectivity index (χ1v) is 9.54. The number of hydrogen-bond donors (Lipinski definition) is 1. The lowest BCUT2D eigenvalue weighted by molar-refractivity contribution is -0.594. The summed E-state index contributed by atoms with van der Waals surface area (Å²) in [6, 6.07) is 25.9. The summed E-state index contributed by atoms with van der Waals surface area (Å²) in [5.74, 6) is 0.259. The Bertz CT molecular complexity index is 1300. The van der Waals surface area contributed by atoms with Gasteiger partial charge in [-0.15, -0.1) is 0 Å². The Labute approximate surface area is 184 Å². The number of phenols is 1. The molecule has 2 heterocycles. The lowest BCUT2D eigenvalue weighted by atomic mass is 10.1. The summed E-state index contributed by atoms with van der Waals surface area (Å²) >= 11 is 6.30. The first kappa shape index (κ1) is 19.5. The SMILES string of the molecule is Oc1ccc(-[n+]2ccccc2)c2c1c1cc(Cl)ccc1n2Cc1ccccc1.[Br-]. The average Bonchev–Trinajstić information content (AvgIpc) is 3.04. The molecule has 5 rings (SSSR count). The van der Waals surface area contributed by atoms with Crippen LogP contribution in [0.15, 0.2) is 91.3 Å². The Morgan fingerprint density at radius 1 is 0.862 bits per heavy atom. The van der Waals surface area contributed by atoms with E-state index in [1.807, 2.05) is 73.1 Å². The maximum Gasteiger partial charge on any atom is 0.235 e. The number of aromatic hydroxyl groups is 1. The van der Waals surface area contributed by atoms with E-state index < -0.39 is 0 Å². The third-order valence-corrected chi connectivity index (χ3v) is 5.34. The van der Waals surface area contributed by atoms with E-state index >= 15 is 0 Å². The molecule has 144 valence electrons. The van der Waals surface area contributed by atoms with E-state index in [0.717, 1.165) is 27.5 Å². The van der Waals surface area contributed by atoms with E-state index in [1.54, 1.807) is 6.07 Å². The molecule has 0 fully saturated rings. The van der Waals surface area contributed by atoms with Gasteiger partial charge in [-0.25, -0.2) is 0 Å². The number of rotatable bonds is 3. The van der Waals surface area contributed by atoms with E-state index in [0.29, 0.717) is 11.6 Å². The minimum absolute atomic E-state index is 0. The third kappa shape index (κ3) is 3.39. The van der Waals surface area contributed by atoms with Gasteiger partial charge in [0, 0.05) is 40.7 Å². The van der Waals surface area contributed by atoms with Crippen molar-refractivity contribution in [3.63, 3.8) is 0 Å². The summed E-state index contributed by atoms with van der Waals surface area (Å²) in [5.41, 5.74) is 4.24. The monoisotopic (exact) mass is 464 g/mol. The van der Waals surface area contributed by atoms with Crippen molar-refractivity contribution >= 4 is 33.4 Å². The van der Waals surface area contributed by atoms with Crippen LogP contribution in [-0.4, -0.2) is 9.67 Å². The van der Waals surface area contributed by atoms with E-state index in [2.05, 4.69) is 21.3 Å². The van der Waals surface area contributed by atoms with Gasteiger partial charge in [0.1, 0.15) is 11.3 Å². The van der Waals surface area contributed by atoms with Crippen molar-refractivity contribution in [1.29, 1.82) is 0 Å². The molecule has 0 aliphatic rings. The summed E-state index contributed by atoms with van der Waals surface area (Å²) in [6.07, 6.45) is 4.03. The predicted octanol–water partition coefficient (Wildman–Crippen LogP) is 2.48. The molecule has 0 spiro atoms. The van der Waals surface area contributed by atoms with Crippen LogP contribution in [0.1, 0.15) is 5.56 Å². The van der Waals surface area contributed by atoms with Gasteiger partial charge in [0.25, 0.3) is 0 Å². The highest BCUT2D eigenvalue weighted by Crippen LogP contribution is 2.38. The molecule has 1 N–H and O–H groups in total. The average molecular weight is 466 g/mol. The Kier molecular flexibility index (Phi) is 5.31. The van der Waals surface area contributed by atoms with Gasteiger partial charge in [0.05, 0.1) is 5.39 Å². The molecule has 5 heteroatoms. The molecule has 0 atom stereocenters. The minimum atomic E-state index is 0. The van der Waals surface area contributed by atoms with E-state index in [-0.39, 0.29) is 22.7 Å². The molecular weight excluding hydrogens is 448 g/mol. The first-order valence-electron chi connectivity index (χ1n) is 9.16. The number of aromatic nitrogens is 2. The number of fused-ring (bicyclic) bond motifs is 3. The topological polar surface area (TPSA) is 29.0 Å². The fourth-order valence-electron chi connectivity index (χ4n) is 3.87. The number of nitrogens with zero attached hydrogens (tertiary/aromatic N) is 2. The maximum absolute atomic E-state index is 10.7. The minimum Gasteiger partial charge on any atom is -1.00 e. The highest BCUT2D eigenvalue weighted by Gasteiger charge is 2.22. The Morgan fingerprint density at radius 2 is 1.59 bits per heavy atom. The number of phenolic OH excluding ortho intramolecular Hbond substituents is 1. The first-order chi connectivity index (χ1) is 13.7. The summed E-state index contributed by atoms with van der Waals surface area (Å²) in [4.78, 5) is 0. The van der Waals surface area contributed by atoms with Crippen LogP contribution >= 0.6 is 11.6 Å². The zero-order valence-electron chi connectivity index (χ0n) is 15.5. The molecular formula is C24H18BrClN2O. The van der Waals surface area contributed by atoms with Gasteiger partial charge < -0.3 is 26.7 Å². The summed E-state index contributed by atoms with van der Waals surface area (Å²) in [6.45, 7) is 0.701. The largest absolute Gasteiger partial charge is 1.00 e. The third-order valence-electron chi connectivity index (χ3n) is 5.10. The van der Waals surface area contributed by atoms with Crippen molar-refractivity contribution in [3.8, 4) is 11.4 Å². The van der Waals surface area contributed by atoms with Gasteiger partial charge in [-0.2, -0.15) is 4.57 Å². The molecule has 0 aliphatic carbocycles. The molecule has 0 aliphatic heterocycles. The second-order valence-corrected chi connectivity index (χ2v) is 7.28. The van der Waals surface area contributed by atoms with Crippen LogP contribution in [0, 0.1) is 0 Å². The molecule has 3 nitrogen and oxygen atoms in total. The molecule has 2 aromatic heterocycles. The number of halogens is 2. The zero-order valence-corrected chi connectivity index (χ0v) is 17.8. The van der Waals surface area contributed by atoms with Crippen LogP contribution < -0.4 is 21.5 Å². The molecule has 0 bridgehead atoms. The highest BCUT2D eigenvalue weighted by molar-refractivity contribution is 6.32. The fourth-order valence-corrected chi connectivity index (χ4v) is 4.04. The van der Waals surface area contributed by atoms with E-state index in [1.165, 1.54) is 5.56 Å². The van der Waals surface area contributed by atoms with Crippen LogP contribution in [0.5, 0.6) is 5.75 Å². The smallest absolute Gasteiger partial charge is 0.235 e. The van der Waals surface area contributed by atoms with Crippen LogP contribution in [0.3, 0.4) is 0 Å². The van der Waals surface area contributed by atoms with Gasteiger partial charge in [-0.1, -0.05) is 48.0 Å². The quantitative estimate of drug-likeness (QED) is 0.408. The Balaban J connectivity index is 0.00000205. The Morgan fingerprint density at radius 3 is 2.34 bits per heavy atom. The number of pyridine rings is 1. The summed E-state index contributed by atoms with van der Waals surface area (Å²) in [5, 5.41) is 13.2. The molecule has 29 heavy (non-hydrogen) atoms. The molecule has 3 aromatic carbocycles. The molecule has 0 amide bonds. The second kappa shape index (κ2) is 7.90. The van der Waals surface area contributed by atoms with Crippen molar-refractivity contribution in [2.24, 2.45) is 0 Å². The maximum atomic E-state index is 10.7. The predicted molar refractivity (Wildman–Crippen MR) is 113 cm³/mol. The second-order valence-electron chi connectivity index (χ2n) is 6.84. The van der Waals surface area contributed by atoms with Crippen molar-refractivity contribution in [2.75, 3.05) is 0 Å². The summed E-state index contributed by atoms with van der Waals surface area (Å²) in [7, 11) is 0. The standard InChI is InChI=1S/C24H17ClN2O.BrH/c25-18-9-10-20-19(15-18)23-22(28)12-11-21(26-13-5-2-6-14-26)24(23)27(20)16-17-7-3-1-4-8-17;/h1-15H,16H2;1H. The van der Waals surface area contributed by atoms with Crippen LogP contribution in [-0.2, 0) is 6.54 Å². The molecule has 5 aromatic rings.